The number of hydrogen-bond donors (Lipinski definition) is 2. The fourth-order valence-electron chi connectivity index (χ4n) is 1.35. The maximum Gasteiger partial charge on any atom is 0.102 e. The van der Waals surface area contributed by atoms with Gasteiger partial charge in [-0.3, -0.25) is 4.68 Å². The van der Waals surface area contributed by atoms with Crippen LogP contribution in [-0.4, -0.2) is 21.4 Å². The molecular weight excluding hydrogens is 178 g/mol. The average Bonchev–Trinajstić information content (AvgIpc) is 2.64. The van der Waals surface area contributed by atoms with Gasteiger partial charge >= 0.3 is 0 Å². The van der Waals surface area contributed by atoms with Crippen molar-refractivity contribution < 1.29 is 5.11 Å². The van der Waals surface area contributed by atoms with Crippen LogP contribution in [0.25, 0.3) is 0 Å². The molecule has 3 N–H and O–H groups in total. The zero-order valence-electron chi connectivity index (χ0n) is 9.07. The van der Waals surface area contributed by atoms with Crippen LogP contribution >= 0.6 is 0 Å². The molecule has 1 atom stereocenters. The predicted octanol–water partition coefficient (Wildman–Crippen LogP) is 0.921. The maximum absolute atomic E-state index is 10.1. The summed E-state index contributed by atoms with van der Waals surface area (Å²) in [5.41, 5.74) is 6.14. The molecule has 1 rings (SSSR count). The highest BCUT2D eigenvalue weighted by Gasteiger charge is 2.29. The smallest absolute Gasteiger partial charge is 0.102 e. The van der Waals surface area contributed by atoms with Crippen LogP contribution in [0.3, 0.4) is 0 Å². The third-order valence-electron chi connectivity index (χ3n) is 2.60. The summed E-state index contributed by atoms with van der Waals surface area (Å²) in [5, 5.41) is 14.2. The lowest BCUT2D eigenvalue weighted by molar-refractivity contribution is 0.0479. The molecule has 0 amide bonds. The van der Waals surface area contributed by atoms with Crippen molar-refractivity contribution in [3.8, 4) is 0 Å². The second kappa shape index (κ2) is 4.11. The van der Waals surface area contributed by atoms with Crippen LogP contribution in [0, 0.1) is 5.41 Å². The fraction of sp³-hybridized carbons (Fsp3) is 0.700. The van der Waals surface area contributed by atoms with E-state index in [1.807, 2.05) is 26.8 Å². The van der Waals surface area contributed by atoms with Crippen LogP contribution in [0.2, 0.25) is 0 Å². The number of aliphatic hydroxyl groups excluding tert-OH is 1. The average molecular weight is 197 g/mol. The number of nitrogens with two attached hydrogens (primary N) is 1. The standard InChI is InChI=1S/C10H19N3O/c1-4-13-8(5-6-12-13)9(14)10(2,3)7-11/h5-6,9,14H,4,7,11H2,1-3H3. The topological polar surface area (TPSA) is 64.1 Å². The van der Waals surface area contributed by atoms with Gasteiger partial charge in [-0.25, -0.2) is 0 Å². The molecule has 0 fully saturated rings. The lowest BCUT2D eigenvalue weighted by atomic mass is 9.85. The Bertz CT molecular complexity index is 293. The van der Waals surface area contributed by atoms with Gasteiger partial charge in [0.1, 0.15) is 6.10 Å². The quantitative estimate of drug-likeness (QED) is 0.754. The molecule has 80 valence electrons. The van der Waals surface area contributed by atoms with Crippen LogP contribution in [0.5, 0.6) is 0 Å². The monoisotopic (exact) mass is 197 g/mol. The van der Waals surface area contributed by atoms with E-state index in [0.717, 1.165) is 12.2 Å². The lowest BCUT2D eigenvalue weighted by Gasteiger charge is -2.29. The molecular formula is C10H19N3O. The molecule has 1 aromatic heterocycles. The summed E-state index contributed by atoms with van der Waals surface area (Å²) >= 11 is 0. The zero-order valence-corrected chi connectivity index (χ0v) is 9.07. The van der Waals surface area contributed by atoms with E-state index < -0.39 is 6.10 Å². The molecule has 0 saturated heterocycles. The fourth-order valence-corrected chi connectivity index (χ4v) is 1.35. The van der Waals surface area contributed by atoms with Gasteiger partial charge in [0.25, 0.3) is 0 Å². The van der Waals surface area contributed by atoms with Crippen LogP contribution in [0.1, 0.15) is 32.6 Å². The SMILES string of the molecule is CCn1nccc1C(O)C(C)(C)CN. The van der Waals surface area contributed by atoms with Crippen molar-refractivity contribution in [3.05, 3.63) is 18.0 Å². The van der Waals surface area contributed by atoms with Crippen LogP contribution in [0.4, 0.5) is 0 Å². The molecule has 1 heterocycles. The molecule has 1 aromatic rings. The van der Waals surface area contributed by atoms with Crippen molar-refractivity contribution >= 4 is 0 Å². The minimum Gasteiger partial charge on any atom is -0.386 e. The van der Waals surface area contributed by atoms with Gasteiger partial charge in [0.15, 0.2) is 0 Å². The number of aliphatic hydroxyl groups is 1. The minimum absolute atomic E-state index is 0.313. The van der Waals surface area contributed by atoms with E-state index in [4.69, 9.17) is 5.73 Å². The third-order valence-corrected chi connectivity index (χ3v) is 2.60. The van der Waals surface area contributed by atoms with Crippen LogP contribution < -0.4 is 5.73 Å². The first-order valence-electron chi connectivity index (χ1n) is 4.92. The van der Waals surface area contributed by atoms with Crippen molar-refractivity contribution in [1.82, 2.24) is 9.78 Å². The molecule has 14 heavy (non-hydrogen) atoms. The van der Waals surface area contributed by atoms with Crippen LogP contribution in [-0.2, 0) is 6.54 Å². The Labute approximate surface area is 84.7 Å². The number of nitrogens with zero attached hydrogens (tertiary/aromatic N) is 2. The molecule has 1 unspecified atom stereocenters. The van der Waals surface area contributed by atoms with Gasteiger partial charge in [-0.15, -0.1) is 0 Å². The molecule has 0 aliphatic heterocycles. The number of rotatable bonds is 4. The van der Waals surface area contributed by atoms with E-state index in [0.29, 0.717) is 6.54 Å². The summed E-state index contributed by atoms with van der Waals surface area (Å²) in [6.07, 6.45) is 1.14. The van der Waals surface area contributed by atoms with Crippen LogP contribution in [0.15, 0.2) is 12.3 Å². The highest BCUT2D eigenvalue weighted by Crippen LogP contribution is 2.31. The Kier molecular flexibility index (Phi) is 3.29. The Balaban J connectivity index is 2.94. The number of aromatic nitrogens is 2. The Morgan fingerprint density at radius 1 is 1.64 bits per heavy atom. The zero-order chi connectivity index (χ0) is 10.8. The Morgan fingerprint density at radius 2 is 2.29 bits per heavy atom. The van der Waals surface area contributed by atoms with Gasteiger partial charge < -0.3 is 10.8 Å². The summed E-state index contributed by atoms with van der Waals surface area (Å²) in [4.78, 5) is 0. The van der Waals surface area contributed by atoms with Gasteiger partial charge in [0.2, 0.25) is 0 Å². The molecule has 4 heteroatoms. The normalized spacial score (nSPS) is 14.4. The lowest BCUT2D eigenvalue weighted by Crippen LogP contribution is -2.32. The number of hydrogen-bond acceptors (Lipinski definition) is 3. The van der Waals surface area contributed by atoms with E-state index in [1.54, 1.807) is 10.9 Å². The van der Waals surface area contributed by atoms with E-state index in [2.05, 4.69) is 5.10 Å². The van der Waals surface area contributed by atoms with Gasteiger partial charge in [-0.2, -0.15) is 5.10 Å². The third kappa shape index (κ3) is 1.96. The van der Waals surface area contributed by atoms with E-state index in [-0.39, 0.29) is 5.41 Å². The summed E-state index contributed by atoms with van der Waals surface area (Å²) < 4.78 is 1.79. The first-order chi connectivity index (χ1) is 6.53. The maximum atomic E-state index is 10.1. The first-order valence-corrected chi connectivity index (χ1v) is 4.92. The summed E-state index contributed by atoms with van der Waals surface area (Å²) in [7, 11) is 0. The first kappa shape index (κ1) is 11.2. The molecule has 0 bridgehead atoms. The Morgan fingerprint density at radius 3 is 2.79 bits per heavy atom. The van der Waals surface area contributed by atoms with Gasteiger partial charge in [0, 0.05) is 24.7 Å². The van der Waals surface area contributed by atoms with Crippen molar-refractivity contribution in [1.29, 1.82) is 0 Å². The molecule has 0 aromatic carbocycles. The highest BCUT2D eigenvalue weighted by atomic mass is 16.3. The van der Waals surface area contributed by atoms with E-state index in [1.165, 1.54) is 0 Å². The van der Waals surface area contributed by atoms with Crippen molar-refractivity contribution in [3.63, 3.8) is 0 Å². The van der Waals surface area contributed by atoms with Crippen molar-refractivity contribution in [2.75, 3.05) is 6.54 Å². The van der Waals surface area contributed by atoms with E-state index >= 15 is 0 Å². The second-order valence-corrected chi connectivity index (χ2v) is 4.17. The van der Waals surface area contributed by atoms with E-state index in [9.17, 15) is 5.11 Å². The molecule has 0 aliphatic rings. The summed E-state index contributed by atoms with van der Waals surface area (Å²) in [5.74, 6) is 0. The molecule has 0 spiro atoms. The highest BCUT2D eigenvalue weighted by molar-refractivity contribution is 5.08. The van der Waals surface area contributed by atoms with Crippen molar-refractivity contribution in [2.45, 2.75) is 33.4 Å². The summed E-state index contributed by atoms with van der Waals surface area (Å²) in [6.45, 7) is 7.11. The molecule has 0 aliphatic carbocycles. The second-order valence-electron chi connectivity index (χ2n) is 4.17. The van der Waals surface area contributed by atoms with Crippen molar-refractivity contribution in [2.24, 2.45) is 11.1 Å². The largest absolute Gasteiger partial charge is 0.386 e. The van der Waals surface area contributed by atoms with Gasteiger partial charge in [-0.1, -0.05) is 13.8 Å². The molecule has 0 saturated carbocycles. The predicted molar refractivity (Wildman–Crippen MR) is 55.7 cm³/mol. The minimum atomic E-state index is -0.560. The Hall–Kier alpha value is -0.870. The molecule has 0 radical (unpaired) electrons. The molecule has 4 nitrogen and oxygen atoms in total. The number of aryl methyl sites for hydroxylation is 1. The van der Waals surface area contributed by atoms with Gasteiger partial charge in [-0.05, 0) is 13.0 Å². The summed E-state index contributed by atoms with van der Waals surface area (Å²) in [6, 6.07) is 1.84. The van der Waals surface area contributed by atoms with Gasteiger partial charge in [0.05, 0.1) is 5.69 Å².